The minimum atomic E-state index is -0.760. The second-order valence-electron chi connectivity index (χ2n) is 13.2. The summed E-state index contributed by atoms with van der Waals surface area (Å²) < 4.78 is 16.4. The number of allylic oxidation sites excluding steroid dienone is 2. The molecule has 0 N–H and O–H groups in total. The van der Waals surface area contributed by atoms with Gasteiger partial charge in [0, 0.05) is 19.3 Å². The molecule has 6 heteroatoms. The molecule has 46 heavy (non-hydrogen) atoms. The number of hydrogen-bond donors (Lipinski definition) is 0. The third-order valence-electron chi connectivity index (χ3n) is 8.52. The Labute approximate surface area is 284 Å². The lowest BCUT2D eigenvalue weighted by molar-refractivity contribution is -0.167. The van der Waals surface area contributed by atoms with Crippen molar-refractivity contribution in [2.75, 3.05) is 13.2 Å². The van der Waals surface area contributed by atoms with E-state index in [1.165, 1.54) is 96.3 Å². The summed E-state index contributed by atoms with van der Waals surface area (Å²) in [7, 11) is 0. The highest BCUT2D eigenvalue weighted by Crippen LogP contribution is 2.13. The summed E-state index contributed by atoms with van der Waals surface area (Å²) in [5.41, 5.74) is 0. The highest BCUT2D eigenvalue weighted by atomic mass is 16.6. The molecule has 1 atom stereocenters. The number of carbonyl (C=O) groups is 3. The summed E-state index contributed by atoms with van der Waals surface area (Å²) >= 11 is 0. The number of carbonyl (C=O) groups excluding carboxylic acids is 3. The first-order chi connectivity index (χ1) is 22.5. The molecule has 0 bridgehead atoms. The van der Waals surface area contributed by atoms with Crippen LogP contribution in [0.4, 0.5) is 0 Å². The van der Waals surface area contributed by atoms with E-state index in [0.29, 0.717) is 19.3 Å². The Morgan fingerprint density at radius 2 is 0.717 bits per heavy atom. The van der Waals surface area contributed by atoms with Crippen molar-refractivity contribution in [3.63, 3.8) is 0 Å². The molecule has 0 aliphatic heterocycles. The zero-order valence-electron chi connectivity index (χ0n) is 30.6. The van der Waals surface area contributed by atoms with Crippen molar-refractivity contribution in [2.45, 2.75) is 213 Å². The van der Waals surface area contributed by atoms with Crippen LogP contribution in [-0.4, -0.2) is 37.2 Å². The number of unbranched alkanes of at least 4 members (excludes halogenated alkanes) is 22. The van der Waals surface area contributed by atoms with E-state index in [9.17, 15) is 14.4 Å². The van der Waals surface area contributed by atoms with E-state index >= 15 is 0 Å². The van der Waals surface area contributed by atoms with E-state index in [4.69, 9.17) is 14.2 Å². The fourth-order valence-electron chi connectivity index (χ4n) is 5.49. The fraction of sp³-hybridized carbons (Fsp3) is 0.875. The van der Waals surface area contributed by atoms with Crippen molar-refractivity contribution < 1.29 is 28.6 Å². The predicted molar refractivity (Wildman–Crippen MR) is 192 cm³/mol. The van der Waals surface area contributed by atoms with Crippen molar-refractivity contribution in [3.8, 4) is 0 Å². The normalized spacial score (nSPS) is 12.0. The fourth-order valence-corrected chi connectivity index (χ4v) is 5.49. The lowest BCUT2D eigenvalue weighted by Gasteiger charge is -2.18. The van der Waals surface area contributed by atoms with Crippen LogP contribution in [0.15, 0.2) is 12.2 Å². The van der Waals surface area contributed by atoms with E-state index in [-0.39, 0.29) is 31.1 Å². The van der Waals surface area contributed by atoms with Gasteiger partial charge in [-0.2, -0.15) is 0 Å². The minimum Gasteiger partial charge on any atom is -0.462 e. The summed E-state index contributed by atoms with van der Waals surface area (Å²) in [4.78, 5) is 37.1. The Kier molecular flexibility index (Phi) is 34.5. The molecule has 0 saturated carbocycles. The van der Waals surface area contributed by atoms with Crippen LogP contribution in [-0.2, 0) is 28.6 Å². The maximum absolute atomic E-state index is 12.5. The molecule has 0 heterocycles. The Morgan fingerprint density at radius 1 is 0.413 bits per heavy atom. The van der Waals surface area contributed by atoms with Gasteiger partial charge in [0.25, 0.3) is 0 Å². The first-order valence-electron chi connectivity index (χ1n) is 19.7. The predicted octanol–water partition coefficient (Wildman–Crippen LogP) is 11.9. The molecule has 0 spiro atoms. The van der Waals surface area contributed by atoms with Crippen LogP contribution in [0.1, 0.15) is 207 Å². The SMILES string of the molecule is CCCCCCCCC/C=C\CCCCCCCC(=O)OCC(COC(=O)CCCCCCC)OC(=O)CCCCCCCCC. The Bertz CT molecular complexity index is 719. The van der Waals surface area contributed by atoms with Crippen LogP contribution in [0.2, 0.25) is 0 Å². The first-order valence-corrected chi connectivity index (χ1v) is 19.7. The molecule has 1 unspecified atom stereocenters. The topological polar surface area (TPSA) is 78.9 Å². The molecular weight excluding hydrogens is 576 g/mol. The van der Waals surface area contributed by atoms with Gasteiger partial charge in [0.1, 0.15) is 13.2 Å². The largest absolute Gasteiger partial charge is 0.462 e. The van der Waals surface area contributed by atoms with Gasteiger partial charge in [-0.25, -0.2) is 0 Å². The van der Waals surface area contributed by atoms with Crippen molar-refractivity contribution in [2.24, 2.45) is 0 Å². The molecule has 0 saturated heterocycles. The van der Waals surface area contributed by atoms with Crippen molar-refractivity contribution in [1.29, 1.82) is 0 Å². The highest BCUT2D eigenvalue weighted by molar-refractivity contribution is 5.71. The lowest BCUT2D eigenvalue weighted by Crippen LogP contribution is -2.30. The van der Waals surface area contributed by atoms with Crippen LogP contribution in [0.25, 0.3) is 0 Å². The minimum absolute atomic E-state index is 0.0721. The molecular formula is C40H74O6. The van der Waals surface area contributed by atoms with Crippen LogP contribution < -0.4 is 0 Å². The van der Waals surface area contributed by atoms with Crippen LogP contribution >= 0.6 is 0 Å². The molecule has 0 rings (SSSR count). The second kappa shape index (κ2) is 36.0. The van der Waals surface area contributed by atoms with Crippen molar-refractivity contribution in [1.82, 2.24) is 0 Å². The van der Waals surface area contributed by atoms with E-state index in [2.05, 4.69) is 32.9 Å². The summed E-state index contributed by atoms with van der Waals surface area (Å²) in [6, 6.07) is 0. The van der Waals surface area contributed by atoms with E-state index < -0.39 is 6.10 Å². The molecule has 270 valence electrons. The van der Waals surface area contributed by atoms with E-state index in [0.717, 1.165) is 70.6 Å². The molecule has 0 aromatic carbocycles. The van der Waals surface area contributed by atoms with Gasteiger partial charge in [-0.3, -0.25) is 14.4 Å². The number of rotatable bonds is 35. The molecule has 0 radical (unpaired) electrons. The smallest absolute Gasteiger partial charge is 0.306 e. The van der Waals surface area contributed by atoms with Gasteiger partial charge < -0.3 is 14.2 Å². The van der Waals surface area contributed by atoms with Crippen molar-refractivity contribution in [3.05, 3.63) is 12.2 Å². The maximum Gasteiger partial charge on any atom is 0.306 e. The molecule has 0 aliphatic rings. The molecule has 0 aromatic heterocycles. The third kappa shape index (κ3) is 33.5. The monoisotopic (exact) mass is 651 g/mol. The van der Waals surface area contributed by atoms with Crippen molar-refractivity contribution >= 4 is 17.9 Å². The summed E-state index contributed by atoms with van der Waals surface area (Å²) in [6.45, 7) is 6.48. The second-order valence-corrected chi connectivity index (χ2v) is 13.2. The zero-order chi connectivity index (χ0) is 33.8. The third-order valence-corrected chi connectivity index (χ3v) is 8.52. The summed E-state index contributed by atoms with van der Waals surface area (Å²) in [6.07, 6.45) is 35.2. The van der Waals surface area contributed by atoms with E-state index in [1.807, 2.05) is 0 Å². The summed E-state index contributed by atoms with van der Waals surface area (Å²) in [5, 5.41) is 0. The first kappa shape index (κ1) is 44.1. The van der Waals surface area contributed by atoms with Gasteiger partial charge in [-0.1, -0.05) is 155 Å². The maximum atomic E-state index is 12.5. The Balaban J connectivity index is 4.18. The molecule has 0 fully saturated rings. The quantitative estimate of drug-likeness (QED) is 0.0294. The van der Waals surface area contributed by atoms with Gasteiger partial charge in [-0.05, 0) is 44.9 Å². The van der Waals surface area contributed by atoms with E-state index in [1.54, 1.807) is 0 Å². The lowest BCUT2D eigenvalue weighted by atomic mass is 10.1. The standard InChI is InChI=1S/C40H74O6/c1-4-7-10-13-15-16-17-18-19-20-21-22-23-25-27-30-33-39(42)45-36-37(35-44-38(41)32-29-26-12-9-6-3)46-40(43)34-31-28-24-14-11-8-5-2/h19-20,37H,4-18,21-36H2,1-3H3/b20-19-. The number of hydrogen-bond acceptors (Lipinski definition) is 6. The van der Waals surface area contributed by atoms with Gasteiger partial charge in [0.2, 0.25) is 0 Å². The van der Waals surface area contributed by atoms with Gasteiger partial charge >= 0.3 is 17.9 Å². The number of ether oxygens (including phenoxy) is 3. The van der Waals surface area contributed by atoms with Gasteiger partial charge in [0.15, 0.2) is 6.10 Å². The molecule has 0 aromatic rings. The average molecular weight is 651 g/mol. The Hall–Kier alpha value is -1.85. The molecule has 0 aliphatic carbocycles. The van der Waals surface area contributed by atoms with Gasteiger partial charge in [-0.15, -0.1) is 0 Å². The van der Waals surface area contributed by atoms with Crippen LogP contribution in [0.3, 0.4) is 0 Å². The average Bonchev–Trinajstić information content (AvgIpc) is 3.05. The number of esters is 3. The van der Waals surface area contributed by atoms with Gasteiger partial charge in [0.05, 0.1) is 0 Å². The van der Waals surface area contributed by atoms with Crippen LogP contribution in [0.5, 0.6) is 0 Å². The Morgan fingerprint density at radius 3 is 1.09 bits per heavy atom. The highest BCUT2D eigenvalue weighted by Gasteiger charge is 2.19. The summed E-state index contributed by atoms with van der Waals surface area (Å²) in [5.74, 6) is -0.902. The molecule has 6 nitrogen and oxygen atoms in total. The zero-order valence-corrected chi connectivity index (χ0v) is 30.6. The van der Waals surface area contributed by atoms with Crippen LogP contribution in [0, 0.1) is 0 Å². The molecule has 0 amide bonds.